The topological polar surface area (TPSA) is 107 Å². The van der Waals surface area contributed by atoms with Gasteiger partial charge in [-0.2, -0.15) is 0 Å². The lowest BCUT2D eigenvalue weighted by atomic mass is 9.68. The monoisotopic (exact) mass is 377 g/mol. The van der Waals surface area contributed by atoms with E-state index in [4.69, 9.17) is 14.9 Å². The second-order valence-electron chi connectivity index (χ2n) is 6.69. The number of aromatic nitrogens is 1. The number of carbonyl (C=O) groups excluding carboxylic acids is 2. The van der Waals surface area contributed by atoms with Crippen LogP contribution in [0, 0.1) is 0 Å². The number of nitrogens with one attached hydrogen (secondary N) is 1. The molecule has 0 aliphatic heterocycles. The fraction of sp³-hybridized carbons (Fsp3) is 0.190. The fourth-order valence-corrected chi connectivity index (χ4v) is 3.84. The number of carbonyl (C=O) groups is 2. The molecular formula is C21H19N3O4. The largest absolute Gasteiger partial charge is 0.493 e. The Balaban J connectivity index is 2.07. The standard InChI is InChI=1S/C21H19N3O4/c1-12(25)24-14-5-6-16-15(10-14)18-19(28-16)17(27-2)7-8-21(18,20(22)26)13-4-3-9-23-11-13/h3-7,9-11H,8H2,1-2H3,(H2,22,26)(H,24,25). The Morgan fingerprint density at radius 3 is 2.79 bits per heavy atom. The number of hydrogen-bond donors (Lipinski definition) is 2. The fourth-order valence-electron chi connectivity index (χ4n) is 3.84. The first-order chi connectivity index (χ1) is 13.5. The summed E-state index contributed by atoms with van der Waals surface area (Å²) < 4.78 is 11.5. The number of amides is 2. The molecule has 4 rings (SSSR count). The van der Waals surface area contributed by atoms with E-state index in [0.29, 0.717) is 45.7 Å². The zero-order valence-electron chi connectivity index (χ0n) is 15.5. The van der Waals surface area contributed by atoms with Gasteiger partial charge in [-0.05, 0) is 42.3 Å². The van der Waals surface area contributed by atoms with E-state index < -0.39 is 11.3 Å². The number of pyridine rings is 1. The van der Waals surface area contributed by atoms with Crippen LogP contribution in [-0.2, 0) is 19.7 Å². The first-order valence-electron chi connectivity index (χ1n) is 8.77. The van der Waals surface area contributed by atoms with Gasteiger partial charge in [0.25, 0.3) is 0 Å². The summed E-state index contributed by atoms with van der Waals surface area (Å²) in [5.74, 6) is 0.280. The van der Waals surface area contributed by atoms with Crippen molar-refractivity contribution in [3.05, 3.63) is 65.7 Å². The maximum absolute atomic E-state index is 12.9. The van der Waals surface area contributed by atoms with Crippen molar-refractivity contribution in [3.63, 3.8) is 0 Å². The van der Waals surface area contributed by atoms with Crippen molar-refractivity contribution in [1.82, 2.24) is 4.98 Å². The molecule has 0 spiro atoms. The number of rotatable bonds is 4. The zero-order chi connectivity index (χ0) is 19.9. The normalized spacial score (nSPS) is 18.3. The molecule has 2 amide bonds. The van der Waals surface area contributed by atoms with Gasteiger partial charge in [0.2, 0.25) is 11.8 Å². The number of nitrogens with zero attached hydrogens (tertiary/aromatic N) is 1. The third-order valence-corrected chi connectivity index (χ3v) is 5.05. The molecule has 142 valence electrons. The molecule has 2 aromatic heterocycles. The molecule has 0 bridgehead atoms. The number of methoxy groups -OCH3 is 1. The zero-order valence-corrected chi connectivity index (χ0v) is 15.5. The number of fused-ring (bicyclic) bond motifs is 3. The van der Waals surface area contributed by atoms with E-state index in [0.717, 1.165) is 0 Å². The van der Waals surface area contributed by atoms with E-state index in [-0.39, 0.29) is 5.91 Å². The summed E-state index contributed by atoms with van der Waals surface area (Å²) in [7, 11) is 1.55. The highest BCUT2D eigenvalue weighted by molar-refractivity contribution is 6.02. The molecule has 28 heavy (non-hydrogen) atoms. The number of benzene rings is 1. The number of anilines is 1. The predicted molar refractivity (Wildman–Crippen MR) is 104 cm³/mol. The Morgan fingerprint density at radius 2 is 2.14 bits per heavy atom. The lowest BCUT2D eigenvalue weighted by molar-refractivity contribution is -0.122. The molecule has 0 saturated carbocycles. The van der Waals surface area contributed by atoms with Crippen LogP contribution in [0.3, 0.4) is 0 Å². The molecule has 1 aromatic carbocycles. The minimum atomic E-state index is -1.16. The quantitative estimate of drug-likeness (QED) is 0.727. The Bertz CT molecular complexity index is 1120. The molecule has 7 heteroatoms. The second kappa shape index (κ2) is 6.53. The van der Waals surface area contributed by atoms with Gasteiger partial charge < -0.3 is 20.2 Å². The molecule has 0 fully saturated rings. The summed E-state index contributed by atoms with van der Waals surface area (Å²) in [4.78, 5) is 28.5. The van der Waals surface area contributed by atoms with Crippen LogP contribution in [0.25, 0.3) is 16.7 Å². The maximum atomic E-state index is 12.9. The van der Waals surface area contributed by atoms with Crippen LogP contribution in [0.5, 0.6) is 0 Å². The Kier molecular flexibility index (Phi) is 4.15. The van der Waals surface area contributed by atoms with Crippen molar-refractivity contribution < 1.29 is 18.7 Å². The van der Waals surface area contributed by atoms with E-state index in [1.807, 2.05) is 6.07 Å². The van der Waals surface area contributed by atoms with Crippen LogP contribution >= 0.6 is 0 Å². The summed E-state index contributed by atoms with van der Waals surface area (Å²) in [6.07, 6.45) is 5.39. The summed E-state index contributed by atoms with van der Waals surface area (Å²) >= 11 is 0. The van der Waals surface area contributed by atoms with Crippen molar-refractivity contribution in [1.29, 1.82) is 0 Å². The molecule has 2 heterocycles. The highest BCUT2D eigenvalue weighted by Gasteiger charge is 2.47. The van der Waals surface area contributed by atoms with Gasteiger partial charge in [0.1, 0.15) is 11.0 Å². The van der Waals surface area contributed by atoms with Crippen molar-refractivity contribution >= 4 is 34.2 Å². The summed E-state index contributed by atoms with van der Waals surface area (Å²) in [6.45, 7) is 1.43. The maximum Gasteiger partial charge on any atom is 0.233 e. The molecule has 1 aliphatic carbocycles. The highest BCUT2D eigenvalue weighted by Crippen LogP contribution is 2.48. The summed E-state index contributed by atoms with van der Waals surface area (Å²) in [5.41, 5.74) is 7.25. The Morgan fingerprint density at radius 1 is 1.32 bits per heavy atom. The molecule has 0 radical (unpaired) electrons. The average Bonchev–Trinajstić information content (AvgIpc) is 3.06. The minimum absolute atomic E-state index is 0.192. The molecule has 3 aromatic rings. The SMILES string of the molecule is COC1=CCC(C(N)=O)(c2cccnc2)c2c1oc1ccc(NC(C)=O)cc21. The Labute approximate surface area is 161 Å². The number of allylic oxidation sites excluding steroid dienone is 1. The van der Waals surface area contributed by atoms with Crippen molar-refractivity contribution in [2.75, 3.05) is 12.4 Å². The van der Waals surface area contributed by atoms with E-state index in [1.54, 1.807) is 49.8 Å². The molecule has 1 unspecified atom stereocenters. The summed E-state index contributed by atoms with van der Waals surface area (Å²) in [6, 6.07) is 8.86. The number of furan rings is 1. The third kappa shape index (κ3) is 2.55. The predicted octanol–water partition coefficient (Wildman–Crippen LogP) is 2.95. The van der Waals surface area contributed by atoms with Gasteiger partial charge in [-0.1, -0.05) is 6.07 Å². The van der Waals surface area contributed by atoms with Crippen LogP contribution < -0.4 is 11.1 Å². The molecule has 0 saturated heterocycles. The van der Waals surface area contributed by atoms with Crippen molar-refractivity contribution in [2.45, 2.75) is 18.8 Å². The lowest BCUT2D eigenvalue weighted by Crippen LogP contribution is -2.43. The van der Waals surface area contributed by atoms with E-state index in [9.17, 15) is 9.59 Å². The molecule has 1 aliphatic rings. The van der Waals surface area contributed by atoms with Crippen LogP contribution in [0.1, 0.15) is 30.2 Å². The lowest BCUT2D eigenvalue weighted by Gasteiger charge is -2.33. The van der Waals surface area contributed by atoms with Gasteiger partial charge in [-0.3, -0.25) is 14.6 Å². The second-order valence-corrected chi connectivity index (χ2v) is 6.69. The third-order valence-electron chi connectivity index (χ3n) is 5.05. The number of ether oxygens (including phenoxy) is 1. The Hall–Kier alpha value is -3.61. The first-order valence-corrected chi connectivity index (χ1v) is 8.77. The van der Waals surface area contributed by atoms with Gasteiger partial charge in [0.05, 0.1) is 7.11 Å². The molecular weight excluding hydrogens is 358 g/mol. The van der Waals surface area contributed by atoms with Gasteiger partial charge in [0.15, 0.2) is 11.5 Å². The summed E-state index contributed by atoms with van der Waals surface area (Å²) in [5, 5.41) is 3.45. The van der Waals surface area contributed by atoms with E-state index in [2.05, 4.69) is 10.3 Å². The van der Waals surface area contributed by atoms with Crippen LogP contribution in [0.2, 0.25) is 0 Å². The molecule has 7 nitrogen and oxygen atoms in total. The number of nitrogens with two attached hydrogens (primary N) is 1. The van der Waals surface area contributed by atoms with Crippen molar-refractivity contribution in [2.24, 2.45) is 5.73 Å². The van der Waals surface area contributed by atoms with Gasteiger partial charge in [0, 0.05) is 36.0 Å². The smallest absolute Gasteiger partial charge is 0.233 e. The van der Waals surface area contributed by atoms with Crippen LogP contribution in [-0.4, -0.2) is 23.9 Å². The van der Waals surface area contributed by atoms with Gasteiger partial charge >= 0.3 is 0 Å². The van der Waals surface area contributed by atoms with Gasteiger partial charge in [-0.15, -0.1) is 0 Å². The number of hydrogen-bond acceptors (Lipinski definition) is 5. The minimum Gasteiger partial charge on any atom is -0.493 e. The van der Waals surface area contributed by atoms with E-state index >= 15 is 0 Å². The number of primary amides is 1. The van der Waals surface area contributed by atoms with E-state index in [1.165, 1.54) is 6.92 Å². The van der Waals surface area contributed by atoms with Crippen molar-refractivity contribution in [3.8, 4) is 0 Å². The highest BCUT2D eigenvalue weighted by atomic mass is 16.5. The van der Waals surface area contributed by atoms with Gasteiger partial charge in [-0.25, -0.2) is 0 Å². The first kappa shape index (κ1) is 17.8. The molecule has 1 atom stereocenters. The van der Waals surface area contributed by atoms with Crippen LogP contribution in [0.15, 0.2) is 53.2 Å². The average molecular weight is 377 g/mol. The molecule has 3 N–H and O–H groups in total. The van der Waals surface area contributed by atoms with Crippen LogP contribution in [0.4, 0.5) is 5.69 Å².